The van der Waals surface area contributed by atoms with E-state index < -0.39 is 17.2 Å². The molecule has 1 heterocycles. The Morgan fingerprint density at radius 3 is 2.26 bits per heavy atom. The molecule has 1 aliphatic heterocycles. The van der Waals surface area contributed by atoms with E-state index in [1.54, 1.807) is 39.5 Å². The fourth-order valence-electron chi connectivity index (χ4n) is 2.95. The van der Waals surface area contributed by atoms with Gasteiger partial charge in [-0.1, -0.05) is 13.8 Å². The second-order valence-electron chi connectivity index (χ2n) is 8.24. The van der Waals surface area contributed by atoms with Crippen LogP contribution in [0.1, 0.15) is 58.9 Å². The summed E-state index contributed by atoms with van der Waals surface area (Å²) >= 11 is 0. The zero-order valence-electron chi connectivity index (χ0n) is 16.6. The number of hydrogen-bond acceptors (Lipinski definition) is 3. The largest absolute Gasteiger partial charge is 0.444 e. The number of rotatable bonds is 3. The van der Waals surface area contributed by atoms with Gasteiger partial charge in [0.1, 0.15) is 17.2 Å². The van der Waals surface area contributed by atoms with Gasteiger partial charge in [0, 0.05) is 25.1 Å². The number of benzene rings is 1. The molecule has 0 bridgehead atoms. The smallest absolute Gasteiger partial charge is 0.410 e. The van der Waals surface area contributed by atoms with Gasteiger partial charge >= 0.3 is 6.09 Å². The Labute approximate surface area is 159 Å². The number of ether oxygens (including phenoxy) is 1. The Morgan fingerprint density at radius 2 is 1.74 bits per heavy atom. The summed E-state index contributed by atoms with van der Waals surface area (Å²) in [6.07, 6.45) is 0.698. The topological polar surface area (TPSA) is 58.6 Å². The molecule has 2 amide bonds. The van der Waals surface area contributed by atoms with Crippen molar-refractivity contribution in [3.63, 3.8) is 0 Å². The van der Waals surface area contributed by atoms with Gasteiger partial charge in [-0.25, -0.2) is 13.6 Å². The van der Waals surface area contributed by atoms with Crippen LogP contribution in [0.5, 0.6) is 0 Å². The Kier molecular flexibility index (Phi) is 6.44. The van der Waals surface area contributed by atoms with E-state index in [2.05, 4.69) is 5.32 Å². The molecule has 0 spiro atoms. The summed E-state index contributed by atoms with van der Waals surface area (Å²) in [5, 5.41) is 2.50. The highest BCUT2D eigenvalue weighted by atomic mass is 19.1. The summed E-state index contributed by atoms with van der Waals surface area (Å²) < 4.78 is 33.7. The summed E-state index contributed by atoms with van der Waals surface area (Å²) in [6.45, 7) is 9.68. The van der Waals surface area contributed by atoms with Crippen molar-refractivity contribution in [1.82, 2.24) is 4.90 Å². The van der Waals surface area contributed by atoms with Crippen molar-refractivity contribution in [2.45, 2.75) is 59.0 Å². The van der Waals surface area contributed by atoms with Gasteiger partial charge in [0.15, 0.2) is 0 Å². The molecule has 1 N–H and O–H groups in total. The standard InChI is InChI=1S/C20H28F2N2O3/c1-12(2)18(25)23-17-10-14(15(21)11-16(17)22)13-6-8-24(9-7-13)19(26)27-20(3,4)5/h10-13H,6-9H2,1-5H3,(H,23,25). The van der Waals surface area contributed by atoms with E-state index in [0.29, 0.717) is 31.5 Å². The minimum atomic E-state index is -0.795. The van der Waals surface area contributed by atoms with E-state index in [4.69, 9.17) is 4.74 Å². The van der Waals surface area contributed by atoms with E-state index >= 15 is 0 Å². The highest BCUT2D eigenvalue weighted by molar-refractivity contribution is 5.92. The Hall–Kier alpha value is -2.18. The molecule has 27 heavy (non-hydrogen) atoms. The molecule has 0 saturated carbocycles. The van der Waals surface area contributed by atoms with Crippen LogP contribution in [0.25, 0.3) is 0 Å². The van der Waals surface area contributed by atoms with Crippen LogP contribution in [0, 0.1) is 17.6 Å². The third-order valence-corrected chi connectivity index (χ3v) is 4.46. The Bertz CT molecular complexity index is 706. The normalized spacial score (nSPS) is 15.8. The second-order valence-corrected chi connectivity index (χ2v) is 8.24. The molecule has 0 radical (unpaired) electrons. The molecule has 0 aromatic heterocycles. The van der Waals surface area contributed by atoms with E-state index in [9.17, 15) is 18.4 Å². The lowest BCUT2D eigenvalue weighted by atomic mass is 9.88. The van der Waals surface area contributed by atoms with Crippen LogP contribution in [-0.2, 0) is 9.53 Å². The van der Waals surface area contributed by atoms with Gasteiger partial charge in [-0.05, 0) is 51.2 Å². The van der Waals surface area contributed by atoms with Crippen LogP contribution in [0.15, 0.2) is 12.1 Å². The summed E-state index contributed by atoms with van der Waals surface area (Å²) in [5.74, 6) is -2.22. The number of nitrogens with one attached hydrogen (secondary N) is 1. The fraction of sp³-hybridized carbons (Fsp3) is 0.600. The average Bonchev–Trinajstić information content (AvgIpc) is 2.55. The quantitative estimate of drug-likeness (QED) is 0.826. The molecule has 1 fully saturated rings. The molecule has 2 rings (SSSR count). The van der Waals surface area contributed by atoms with Crippen LogP contribution in [0.4, 0.5) is 19.3 Å². The first-order valence-electron chi connectivity index (χ1n) is 9.25. The zero-order valence-corrected chi connectivity index (χ0v) is 16.6. The summed E-state index contributed by atoms with van der Waals surface area (Å²) in [7, 11) is 0. The maximum Gasteiger partial charge on any atom is 0.410 e. The molecule has 0 atom stereocenters. The van der Waals surface area contributed by atoms with Gasteiger partial charge in [-0.2, -0.15) is 0 Å². The maximum atomic E-state index is 14.3. The van der Waals surface area contributed by atoms with Gasteiger partial charge in [0.25, 0.3) is 0 Å². The zero-order chi connectivity index (χ0) is 20.4. The number of nitrogens with zero attached hydrogens (tertiary/aromatic N) is 1. The number of hydrogen-bond donors (Lipinski definition) is 1. The number of amides is 2. The second kappa shape index (κ2) is 8.23. The van der Waals surface area contributed by atoms with Gasteiger partial charge < -0.3 is 15.0 Å². The van der Waals surface area contributed by atoms with Crippen molar-refractivity contribution < 1.29 is 23.1 Å². The molecule has 1 aromatic carbocycles. The molecule has 7 heteroatoms. The monoisotopic (exact) mass is 382 g/mol. The van der Waals surface area contributed by atoms with Crippen molar-refractivity contribution in [3.05, 3.63) is 29.3 Å². The summed E-state index contributed by atoms with van der Waals surface area (Å²) in [4.78, 5) is 25.6. The molecular formula is C20H28F2N2O3. The van der Waals surface area contributed by atoms with Crippen molar-refractivity contribution >= 4 is 17.7 Å². The van der Waals surface area contributed by atoms with E-state index in [0.717, 1.165) is 6.07 Å². The van der Waals surface area contributed by atoms with Crippen molar-refractivity contribution in [3.8, 4) is 0 Å². The molecule has 1 aromatic rings. The minimum absolute atomic E-state index is 0.0142. The van der Waals surface area contributed by atoms with E-state index in [-0.39, 0.29) is 29.5 Å². The molecule has 1 saturated heterocycles. The van der Waals surface area contributed by atoms with Gasteiger partial charge in [0.05, 0.1) is 5.69 Å². The number of halogens is 2. The van der Waals surface area contributed by atoms with Crippen LogP contribution in [0.2, 0.25) is 0 Å². The molecular weight excluding hydrogens is 354 g/mol. The first-order valence-corrected chi connectivity index (χ1v) is 9.25. The Balaban J connectivity index is 2.09. The van der Waals surface area contributed by atoms with Crippen LogP contribution in [0.3, 0.4) is 0 Å². The molecule has 150 valence electrons. The predicted octanol–water partition coefficient (Wildman–Crippen LogP) is 4.67. The van der Waals surface area contributed by atoms with Gasteiger partial charge in [-0.3, -0.25) is 4.79 Å². The average molecular weight is 382 g/mol. The molecule has 0 unspecified atom stereocenters. The fourth-order valence-corrected chi connectivity index (χ4v) is 2.95. The van der Waals surface area contributed by atoms with Crippen LogP contribution < -0.4 is 5.32 Å². The lowest BCUT2D eigenvalue weighted by Crippen LogP contribution is -2.41. The van der Waals surface area contributed by atoms with Gasteiger partial charge in [-0.15, -0.1) is 0 Å². The summed E-state index contributed by atoms with van der Waals surface area (Å²) in [6, 6.07) is 2.18. The first kappa shape index (κ1) is 21.1. The third kappa shape index (κ3) is 5.65. The van der Waals surface area contributed by atoms with Crippen LogP contribution in [-0.4, -0.2) is 35.6 Å². The highest BCUT2D eigenvalue weighted by Crippen LogP contribution is 2.33. The number of anilines is 1. The van der Waals surface area contributed by atoms with Gasteiger partial charge in [0.2, 0.25) is 5.91 Å². The Morgan fingerprint density at radius 1 is 1.15 bits per heavy atom. The highest BCUT2D eigenvalue weighted by Gasteiger charge is 2.29. The first-order chi connectivity index (χ1) is 12.5. The number of likely N-dealkylation sites (tertiary alicyclic amines) is 1. The minimum Gasteiger partial charge on any atom is -0.444 e. The van der Waals surface area contributed by atoms with Crippen molar-refractivity contribution in [2.24, 2.45) is 5.92 Å². The number of piperidine rings is 1. The van der Waals surface area contributed by atoms with Crippen molar-refractivity contribution in [1.29, 1.82) is 0 Å². The van der Waals surface area contributed by atoms with E-state index in [1.165, 1.54) is 6.07 Å². The lowest BCUT2D eigenvalue weighted by Gasteiger charge is -2.33. The van der Waals surface area contributed by atoms with Crippen molar-refractivity contribution in [2.75, 3.05) is 18.4 Å². The van der Waals surface area contributed by atoms with Crippen LogP contribution >= 0.6 is 0 Å². The predicted molar refractivity (Wildman–Crippen MR) is 99.6 cm³/mol. The third-order valence-electron chi connectivity index (χ3n) is 4.46. The summed E-state index contributed by atoms with van der Waals surface area (Å²) in [5.41, 5.74) is -0.223. The lowest BCUT2D eigenvalue weighted by molar-refractivity contribution is -0.118. The number of carbonyl (C=O) groups excluding carboxylic acids is 2. The molecule has 1 aliphatic rings. The maximum absolute atomic E-state index is 14.3. The molecule has 0 aliphatic carbocycles. The molecule has 5 nitrogen and oxygen atoms in total. The SMILES string of the molecule is CC(C)C(=O)Nc1cc(C2CCN(C(=O)OC(C)(C)C)CC2)c(F)cc1F. The number of carbonyl (C=O) groups is 2. The van der Waals surface area contributed by atoms with E-state index in [1.807, 2.05) is 0 Å².